The average molecular weight is 661 g/mol. The fraction of sp³-hybridized carbons (Fsp3) is 0.571. The number of fused-ring (bicyclic) bond motifs is 2. The summed E-state index contributed by atoms with van der Waals surface area (Å²) in [6, 6.07) is 11.2. The summed E-state index contributed by atoms with van der Waals surface area (Å²) in [5.74, 6) is 11.2. The van der Waals surface area contributed by atoms with Crippen molar-refractivity contribution in [2.75, 3.05) is 38.3 Å². The molecule has 0 radical (unpaired) electrons. The molecule has 2 aliphatic heterocycles. The molecular weight excluding hydrogens is 621 g/mol. The van der Waals surface area contributed by atoms with Gasteiger partial charge in [-0.25, -0.2) is 10.2 Å². The average Bonchev–Trinajstić information content (AvgIpc) is 3.66. The van der Waals surface area contributed by atoms with Gasteiger partial charge < -0.3 is 28.4 Å². The largest absolute Gasteiger partial charge is 0.493 e. The van der Waals surface area contributed by atoms with Gasteiger partial charge in [-0.3, -0.25) is 0 Å². The van der Waals surface area contributed by atoms with Gasteiger partial charge >= 0.3 is 0 Å². The molecule has 234 valence electrons. The molecule has 0 saturated heterocycles. The summed E-state index contributed by atoms with van der Waals surface area (Å²) in [4.78, 5) is 10.4. The van der Waals surface area contributed by atoms with Gasteiger partial charge in [0.2, 0.25) is 13.6 Å². The summed E-state index contributed by atoms with van der Waals surface area (Å²) < 4.78 is 39.9. The summed E-state index contributed by atoms with van der Waals surface area (Å²) in [7, 11) is 0. The Kier molecular flexibility index (Phi) is 17.3. The molecule has 4 rings (SSSR count). The molecule has 2 unspecified atom stereocenters. The first-order chi connectivity index (χ1) is 20.6. The van der Waals surface area contributed by atoms with E-state index in [-0.39, 0.29) is 12.0 Å². The predicted octanol–water partition coefficient (Wildman–Crippen LogP) is 7.26. The fourth-order valence-electron chi connectivity index (χ4n) is 4.10. The molecule has 2 aromatic rings. The van der Waals surface area contributed by atoms with Crippen molar-refractivity contribution in [2.45, 2.75) is 61.9 Å². The summed E-state index contributed by atoms with van der Waals surface area (Å²) >= 11 is 11.0. The highest BCUT2D eigenvalue weighted by atomic mass is 32.2. The van der Waals surface area contributed by atoms with Gasteiger partial charge in [0.15, 0.2) is 23.0 Å². The molecule has 42 heavy (non-hydrogen) atoms. The zero-order valence-corrected chi connectivity index (χ0v) is 26.9. The molecule has 2 heterocycles. The molecule has 0 aromatic heterocycles. The fourth-order valence-corrected chi connectivity index (χ4v) is 6.17. The number of hydrogen-bond acceptors (Lipinski definition) is 14. The van der Waals surface area contributed by atoms with Crippen molar-refractivity contribution in [3.8, 4) is 34.5 Å². The molecule has 2 atom stereocenters. The summed E-state index contributed by atoms with van der Waals surface area (Å²) in [6.07, 6.45) is 7.97. The Labute approximate surface area is 267 Å². The monoisotopic (exact) mass is 660 g/mol. The topological polar surface area (TPSA) is 120 Å². The van der Waals surface area contributed by atoms with Gasteiger partial charge in [0.25, 0.3) is 0 Å². The normalized spacial score (nSPS) is 14.1. The molecular formula is C28H40N2O8S4. The molecule has 0 spiro atoms. The van der Waals surface area contributed by atoms with E-state index in [2.05, 4.69) is 34.1 Å². The van der Waals surface area contributed by atoms with E-state index in [9.17, 15) is 4.91 Å². The molecule has 0 bridgehead atoms. The molecule has 0 saturated carbocycles. The van der Waals surface area contributed by atoms with Crippen LogP contribution in [-0.2, 0) is 4.28 Å². The second-order valence-electron chi connectivity index (χ2n) is 9.39. The van der Waals surface area contributed by atoms with Crippen LogP contribution in [0, 0.1) is 4.91 Å². The van der Waals surface area contributed by atoms with Crippen LogP contribution < -0.4 is 34.3 Å². The molecule has 2 aromatic carbocycles. The third-order valence-electron chi connectivity index (χ3n) is 6.32. The van der Waals surface area contributed by atoms with E-state index in [1.165, 1.54) is 12.0 Å². The summed E-state index contributed by atoms with van der Waals surface area (Å²) in [6.45, 7) is 1.90. The van der Waals surface area contributed by atoms with Crippen LogP contribution in [0.15, 0.2) is 41.0 Å². The molecule has 2 aliphatic rings. The van der Waals surface area contributed by atoms with Crippen molar-refractivity contribution in [1.29, 1.82) is 0 Å². The van der Waals surface area contributed by atoms with Crippen LogP contribution in [0.25, 0.3) is 0 Å². The Balaban J connectivity index is 0.000000235. The third kappa shape index (κ3) is 13.2. The SMILES string of the molecule is NOSCCC(CCCCOc1ccc2c(c1)OCO2)SN=O.SCCC(S)CCCCOc1ccc2c(c1)OCO2. The minimum absolute atomic E-state index is 0.195. The highest BCUT2D eigenvalue weighted by Crippen LogP contribution is 2.36. The van der Waals surface area contributed by atoms with Gasteiger partial charge in [-0.1, -0.05) is 0 Å². The number of nitroso groups, excluding NO2 is 1. The number of nitrogens with zero attached hydrogens (tertiary/aromatic N) is 1. The summed E-state index contributed by atoms with van der Waals surface area (Å²) in [5, 5.41) is 0.656. The number of thiol groups is 2. The minimum Gasteiger partial charge on any atom is -0.493 e. The molecule has 0 amide bonds. The van der Waals surface area contributed by atoms with Crippen LogP contribution in [0.4, 0.5) is 0 Å². The Morgan fingerprint density at radius 2 is 1.38 bits per heavy atom. The van der Waals surface area contributed by atoms with Gasteiger partial charge in [-0.15, -0.1) is 4.91 Å². The van der Waals surface area contributed by atoms with Crippen LogP contribution >= 0.6 is 49.2 Å². The molecule has 2 N–H and O–H groups in total. The lowest BCUT2D eigenvalue weighted by Gasteiger charge is -2.11. The number of nitrogens with two attached hydrogens (primary N) is 1. The van der Waals surface area contributed by atoms with Gasteiger partial charge in [-0.05, 0) is 81.4 Å². The Bertz CT molecular complexity index is 1050. The number of ether oxygens (including phenoxy) is 6. The Hall–Kier alpha value is -1.84. The van der Waals surface area contributed by atoms with Crippen molar-refractivity contribution in [2.24, 2.45) is 10.5 Å². The lowest BCUT2D eigenvalue weighted by molar-refractivity contribution is 0.173. The predicted molar refractivity (Wildman–Crippen MR) is 175 cm³/mol. The summed E-state index contributed by atoms with van der Waals surface area (Å²) in [5.41, 5.74) is 0. The first kappa shape index (κ1) is 34.6. The van der Waals surface area contributed by atoms with Crippen LogP contribution in [0.1, 0.15) is 51.4 Å². The van der Waals surface area contributed by atoms with Crippen LogP contribution in [0.3, 0.4) is 0 Å². The smallest absolute Gasteiger partial charge is 0.231 e. The lowest BCUT2D eigenvalue weighted by Crippen LogP contribution is -2.06. The standard InChI is InChI=1S/C14H20N2O5S2.C14H20O3S2/c15-21-22-8-6-12(23-16-17)3-1-2-7-18-11-4-5-13-14(9-11)20-10-19-13;18-8-6-12(19)3-1-2-7-15-11-4-5-13-14(9-11)17-10-16-13/h4-5,9,12H,1-3,6-8,10,15H2;4-5,9,12,18-19H,1-3,6-8,10H2. The Morgan fingerprint density at radius 3 is 1.93 bits per heavy atom. The van der Waals surface area contributed by atoms with Crippen LogP contribution in [0.5, 0.6) is 34.5 Å². The number of rotatable bonds is 20. The first-order valence-electron chi connectivity index (χ1n) is 13.9. The molecule has 0 fully saturated rings. The maximum Gasteiger partial charge on any atom is 0.231 e. The lowest BCUT2D eigenvalue weighted by atomic mass is 10.1. The number of unbranched alkanes of at least 4 members (excludes halogenated alkanes) is 2. The van der Waals surface area contributed by atoms with E-state index in [1.54, 1.807) is 0 Å². The second-order valence-corrected chi connectivity index (χ2v) is 12.4. The number of benzene rings is 2. The number of hydrogen-bond donors (Lipinski definition) is 3. The first-order valence-corrected chi connectivity index (χ1v) is 16.8. The van der Waals surface area contributed by atoms with E-state index >= 15 is 0 Å². The van der Waals surface area contributed by atoms with E-state index in [4.69, 9.17) is 34.3 Å². The molecule has 14 heteroatoms. The minimum atomic E-state index is 0.195. The van der Waals surface area contributed by atoms with Crippen LogP contribution in [-0.4, -0.2) is 48.8 Å². The Morgan fingerprint density at radius 1 is 0.810 bits per heavy atom. The highest BCUT2D eigenvalue weighted by Gasteiger charge is 2.15. The van der Waals surface area contributed by atoms with Crippen molar-refractivity contribution < 1.29 is 32.7 Å². The molecule has 0 aliphatic carbocycles. The van der Waals surface area contributed by atoms with Crippen molar-refractivity contribution in [3.05, 3.63) is 41.3 Å². The van der Waals surface area contributed by atoms with E-state index < -0.39 is 0 Å². The van der Waals surface area contributed by atoms with E-state index in [0.29, 0.717) is 18.6 Å². The second kappa shape index (κ2) is 21.0. The van der Waals surface area contributed by atoms with Crippen molar-refractivity contribution in [1.82, 2.24) is 0 Å². The highest BCUT2D eigenvalue weighted by molar-refractivity contribution is 7.98. The van der Waals surface area contributed by atoms with Crippen LogP contribution in [0.2, 0.25) is 0 Å². The van der Waals surface area contributed by atoms with Crippen molar-refractivity contribution in [3.63, 3.8) is 0 Å². The van der Waals surface area contributed by atoms with Crippen molar-refractivity contribution >= 4 is 49.2 Å². The van der Waals surface area contributed by atoms with E-state index in [0.717, 1.165) is 116 Å². The van der Waals surface area contributed by atoms with Gasteiger partial charge in [0.05, 0.1) is 13.2 Å². The quantitative estimate of drug-likeness (QED) is 0.0332. The van der Waals surface area contributed by atoms with Gasteiger partial charge in [0, 0.05) is 57.0 Å². The zero-order valence-electron chi connectivity index (χ0n) is 23.5. The molecule has 10 nitrogen and oxygen atoms in total. The maximum atomic E-state index is 10.4. The van der Waals surface area contributed by atoms with E-state index in [1.807, 2.05) is 36.4 Å². The zero-order chi connectivity index (χ0) is 29.8. The van der Waals surface area contributed by atoms with Gasteiger partial charge in [-0.2, -0.15) is 25.3 Å². The van der Waals surface area contributed by atoms with Gasteiger partial charge in [0.1, 0.15) is 11.5 Å². The third-order valence-corrected chi connectivity index (χ3v) is 8.49. The maximum absolute atomic E-state index is 10.4.